The summed E-state index contributed by atoms with van der Waals surface area (Å²) in [5, 5.41) is 0. The second-order valence-corrected chi connectivity index (χ2v) is 7.84. The molecule has 0 spiro atoms. The Labute approximate surface area is 161 Å². The molecule has 3 nitrogen and oxygen atoms in total. The van der Waals surface area contributed by atoms with Crippen molar-refractivity contribution >= 4 is 5.97 Å². The van der Waals surface area contributed by atoms with Crippen LogP contribution in [0, 0.1) is 0 Å². The van der Waals surface area contributed by atoms with Crippen molar-refractivity contribution in [1.29, 1.82) is 0 Å². The highest BCUT2D eigenvalue weighted by Crippen LogP contribution is 2.14. The van der Waals surface area contributed by atoms with Crippen LogP contribution in [-0.4, -0.2) is 31.5 Å². The topological polar surface area (TPSA) is 35.5 Å². The first-order valence-corrected chi connectivity index (χ1v) is 10.9. The van der Waals surface area contributed by atoms with E-state index in [-0.39, 0.29) is 13.2 Å². The van der Waals surface area contributed by atoms with Crippen LogP contribution in [0.3, 0.4) is 0 Å². The van der Waals surface area contributed by atoms with Gasteiger partial charge in [0, 0.05) is 13.5 Å². The lowest BCUT2D eigenvalue weighted by molar-refractivity contribution is -0.146. The molecular weight excluding hydrogens is 331 g/mol. The van der Waals surface area contributed by atoms with Gasteiger partial charge in [-0.1, -0.05) is 90.4 Å². The van der Waals surface area contributed by atoms with E-state index in [1.807, 2.05) is 0 Å². The summed E-state index contributed by atoms with van der Waals surface area (Å²) in [6.07, 6.45) is 18.5. The van der Waals surface area contributed by atoms with Gasteiger partial charge in [0.25, 0.3) is 0 Å². The molecule has 0 aromatic heterocycles. The molecule has 0 heterocycles. The van der Waals surface area contributed by atoms with Crippen LogP contribution < -0.4 is 0 Å². The van der Waals surface area contributed by atoms with Crippen molar-refractivity contribution in [3.63, 3.8) is 0 Å². The van der Waals surface area contributed by atoms with Gasteiger partial charge in [-0.25, -0.2) is 4.39 Å². The van der Waals surface area contributed by atoms with Crippen molar-refractivity contribution in [1.82, 2.24) is 0 Å². The summed E-state index contributed by atoms with van der Waals surface area (Å²) in [4.78, 5) is 10.7. The lowest BCUT2D eigenvalue weighted by Gasteiger charge is -2.19. The van der Waals surface area contributed by atoms with Gasteiger partial charge < -0.3 is 9.47 Å². The van der Waals surface area contributed by atoms with Crippen LogP contribution in [0.1, 0.15) is 111 Å². The molecule has 0 radical (unpaired) electrons. The zero-order valence-electron chi connectivity index (χ0n) is 17.6. The predicted molar refractivity (Wildman–Crippen MR) is 107 cm³/mol. The average Bonchev–Trinajstić information content (AvgIpc) is 2.60. The molecular formula is C22H43FO3. The first kappa shape index (κ1) is 25.4. The van der Waals surface area contributed by atoms with Crippen LogP contribution in [0.4, 0.5) is 4.39 Å². The summed E-state index contributed by atoms with van der Waals surface area (Å²) in [6.45, 7) is 5.28. The highest BCUT2D eigenvalue weighted by Gasteiger charge is 2.25. The number of ether oxygens (including phenoxy) is 2. The average molecular weight is 375 g/mol. The van der Waals surface area contributed by atoms with Gasteiger partial charge in [0.05, 0.1) is 6.61 Å². The van der Waals surface area contributed by atoms with Gasteiger partial charge in [0.2, 0.25) is 0 Å². The quantitative estimate of drug-likeness (QED) is 0.185. The van der Waals surface area contributed by atoms with E-state index in [0.717, 1.165) is 12.8 Å². The molecule has 0 saturated heterocycles. The van der Waals surface area contributed by atoms with E-state index in [2.05, 4.69) is 6.92 Å². The Bertz CT molecular complexity index is 319. The van der Waals surface area contributed by atoms with Gasteiger partial charge in [-0.3, -0.25) is 4.79 Å². The number of carbonyl (C=O) groups is 1. The predicted octanol–water partition coefficient (Wildman–Crippen LogP) is 6.78. The van der Waals surface area contributed by atoms with Gasteiger partial charge in [0.1, 0.15) is 6.61 Å². The number of alkyl halides is 1. The molecule has 26 heavy (non-hydrogen) atoms. The van der Waals surface area contributed by atoms with E-state index in [1.165, 1.54) is 90.9 Å². The smallest absolute Gasteiger partial charge is 0.302 e. The zero-order valence-corrected chi connectivity index (χ0v) is 17.6. The van der Waals surface area contributed by atoms with Crippen LogP contribution in [0.5, 0.6) is 0 Å². The molecule has 0 fully saturated rings. The Hall–Kier alpha value is -0.640. The fourth-order valence-corrected chi connectivity index (χ4v) is 2.98. The first-order chi connectivity index (χ1) is 12.5. The van der Waals surface area contributed by atoms with Crippen molar-refractivity contribution in [3.05, 3.63) is 0 Å². The molecule has 0 aromatic carbocycles. The van der Waals surface area contributed by atoms with Gasteiger partial charge >= 0.3 is 5.97 Å². The molecule has 1 atom stereocenters. The number of halogens is 1. The molecule has 0 aliphatic carbocycles. The van der Waals surface area contributed by atoms with E-state index < -0.39 is 11.6 Å². The molecule has 0 aliphatic rings. The van der Waals surface area contributed by atoms with Crippen LogP contribution in [-0.2, 0) is 14.3 Å². The minimum atomic E-state index is -1.60. The Balaban J connectivity index is 3.21. The maximum absolute atomic E-state index is 13.9. The normalized spacial score (nSPS) is 13.5. The van der Waals surface area contributed by atoms with E-state index in [4.69, 9.17) is 9.47 Å². The molecule has 4 heteroatoms. The summed E-state index contributed by atoms with van der Waals surface area (Å²) in [7, 11) is 0. The van der Waals surface area contributed by atoms with E-state index in [9.17, 15) is 9.18 Å². The number of unbranched alkanes of at least 4 members (excludes halogenated alkanes) is 13. The number of hydrogen-bond donors (Lipinski definition) is 0. The largest absolute Gasteiger partial charge is 0.462 e. The maximum Gasteiger partial charge on any atom is 0.302 e. The van der Waals surface area contributed by atoms with Crippen LogP contribution in [0.2, 0.25) is 0 Å². The Morgan fingerprint density at radius 2 is 1.19 bits per heavy atom. The number of rotatable bonds is 19. The molecule has 0 aromatic rings. The lowest BCUT2D eigenvalue weighted by atomic mass is 10.0. The standard InChI is InChI=1S/C22H43FO3/c1-4-5-6-7-8-9-10-11-12-13-14-15-16-17-18-25-19-22(3,23)20-26-21(2)24/h4-20H2,1-3H3/t22-/m1/s1. The highest BCUT2D eigenvalue weighted by molar-refractivity contribution is 5.65. The van der Waals surface area contributed by atoms with E-state index >= 15 is 0 Å². The van der Waals surface area contributed by atoms with Gasteiger partial charge in [-0.2, -0.15) is 0 Å². The summed E-state index contributed by atoms with van der Waals surface area (Å²) in [6, 6.07) is 0. The Morgan fingerprint density at radius 1 is 0.769 bits per heavy atom. The van der Waals surface area contributed by atoms with Crippen LogP contribution >= 0.6 is 0 Å². The van der Waals surface area contributed by atoms with Crippen molar-refractivity contribution in [2.75, 3.05) is 19.8 Å². The van der Waals surface area contributed by atoms with Crippen molar-refractivity contribution in [2.45, 2.75) is 116 Å². The molecule has 0 aliphatic heterocycles. The minimum absolute atomic E-state index is 0.0152. The second-order valence-electron chi connectivity index (χ2n) is 7.84. The number of carbonyl (C=O) groups excluding carboxylic acids is 1. The third-order valence-electron chi connectivity index (χ3n) is 4.62. The summed E-state index contributed by atoms with van der Waals surface area (Å²) < 4.78 is 24.0. The summed E-state index contributed by atoms with van der Waals surface area (Å²) >= 11 is 0. The molecule has 0 saturated carbocycles. The minimum Gasteiger partial charge on any atom is -0.462 e. The first-order valence-electron chi connectivity index (χ1n) is 10.9. The van der Waals surface area contributed by atoms with E-state index in [1.54, 1.807) is 0 Å². The summed E-state index contributed by atoms with van der Waals surface area (Å²) in [5.74, 6) is -0.458. The Morgan fingerprint density at radius 3 is 1.62 bits per heavy atom. The molecule has 156 valence electrons. The highest BCUT2D eigenvalue weighted by atomic mass is 19.1. The zero-order chi connectivity index (χ0) is 19.5. The molecule has 0 amide bonds. The SMILES string of the molecule is CCCCCCCCCCCCCCCCOC[C@@](C)(F)COC(C)=O. The molecule has 0 bridgehead atoms. The third-order valence-corrected chi connectivity index (χ3v) is 4.62. The van der Waals surface area contributed by atoms with Gasteiger partial charge in [-0.15, -0.1) is 0 Å². The van der Waals surface area contributed by atoms with E-state index in [0.29, 0.717) is 6.61 Å². The lowest BCUT2D eigenvalue weighted by Crippen LogP contribution is -2.32. The van der Waals surface area contributed by atoms with Crippen LogP contribution in [0.15, 0.2) is 0 Å². The third kappa shape index (κ3) is 19.7. The van der Waals surface area contributed by atoms with Gasteiger partial charge in [0.15, 0.2) is 5.67 Å². The second kappa shape index (κ2) is 17.8. The van der Waals surface area contributed by atoms with Crippen molar-refractivity contribution < 1.29 is 18.7 Å². The molecule has 0 N–H and O–H groups in total. The maximum atomic E-state index is 13.9. The number of esters is 1. The van der Waals surface area contributed by atoms with Crippen molar-refractivity contribution in [2.24, 2.45) is 0 Å². The fourth-order valence-electron chi connectivity index (χ4n) is 2.98. The fraction of sp³-hybridized carbons (Fsp3) is 0.955. The van der Waals surface area contributed by atoms with Gasteiger partial charge in [-0.05, 0) is 13.3 Å². The summed E-state index contributed by atoms with van der Waals surface area (Å²) in [5.41, 5.74) is -1.60. The van der Waals surface area contributed by atoms with Crippen LogP contribution in [0.25, 0.3) is 0 Å². The Kier molecular flexibility index (Phi) is 17.3. The monoisotopic (exact) mass is 374 g/mol. The molecule has 0 unspecified atom stereocenters. The molecule has 0 rings (SSSR count). The number of hydrogen-bond acceptors (Lipinski definition) is 3. The van der Waals surface area contributed by atoms with Crippen molar-refractivity contribution in [3.8, 4) is 0 Å².